The predicted octanol–water partition coefficient (Wildman–Crippen LogP) is 6.78. The molecule has 0 saturated heterocycles. The van der Waals surface area contributed by atoms with Crippen LogP contribution in [-0.2, 0) is 12.3 Å². The van der Waals surface area contributed by atoms with Gasteiger partial charge in [-0.2, -0.15) is 10.1 Å². The van der Waals surface area contributed by atoms with Crippen molar-refractivity contribution in [2.24, 2.45) is 0 Å². The number of para-hydroxylation sites is 2. The van der Waals surface area contributed by atoms with Gasteiger partial charge in [0.2, 0.25) is 5.95 Å². The number of anilines is 1. The molecule has 6 rings (SSSR count). The SMILES string of the molecule is Cc1ccc(CNc2nc3c(c(SCc4ccccc4)nn3-c3ccccc3)c(=O)n2-c2ccccc2)cc1. The molecule has 6 aromatic rings. The van der Waals surface area contributed by atoms with E-state index in [1.165, 1.54) is 5.56 Å². The molecule has 0 aliphatic heterocycles. The number of aryl methyl sites for hydroxylation is 1. The highest BCUT2D eigenvalue weighted by Crippen LogP contribution is 2.30. The first kappa shape index (κ1) is 24.7. The lowest BCUT2D eigenvalue weighted by molar-refractivity contribution is 0.848. The second kappa shape index (κ2) is 11.0. The number of thioether (sulfide) groups is 1. The van der Waals surface area contributed by atoms with Crippen molar-refractivity contribution in [2.45, 2.75) is 24.2 Å². The van der Waals surface area contributed by atoms with Crippen LogP contribution in [0.2, 0.25) is 0 Å². The number of aromatic nitrogens is 4. The zero-order valence-electron chi connectivity index (χ0n) is 21.5. The van der Waals surface area contributed by atoms with E-state index in [-0.39, 0.29) is 5.56 Å². The van der Waals surface area contributed by atoms with E-state index in [1.807, 2.05) is 78.9 Å². The Morgan fingerprint density at radius 2 is 1.36 bits per heavy atom. The molecule has 192 valence electrons. The van der Waals surface area contributed by atoms with Crippen LogP contribution in [0.3, 0.4) is 0 Å². The molecule has 39 heavy (non-hydrogen) atoms. The van der Waals surface area contributed by atoms with Crippen LogP contribution >= 0.6 is 11.8 Å². The van der Waals surface area contributed by atoms with Crippen molar-refractivity contribution in [3.8, 4) is 11.4 Å². The average molecular weight is 530 g/mol. The number of hydrogen-bond acceptors (Lipinski definition) is 5. The Kier molecular flexibility index (Phi) is 6.97. The summed E-state index contributed by atoms with van der Waals surface area (Å²) in [7, 11) is 0. The first-order chi connectivity index (χ1) is 19.2. The molecule has 4 aromatic carbocycles. The molecule has 6 nitrogen and oxygen atoms in total. The molecule has 7 heteroatoms. The highest BCUT2D eigenvalue weighted by Gasteiger charge is 2.22. The summed E-state index contributed by atoms with van der Waals surface area (Å²) in [5.74, 6) is 1.16. The first-order valence-corrected chi connectivity index (χ1v) is 13.8. The number of fused-ring (bicyclic) bond motifs is 1. The van der Waals surface area contributed by atoms with Crippen molar-refractivity contribution in [1.82, 2.24) is 19.3 Å². The van der Waals surface area contributed by atoms with Gasteiger partial charge in [-0.1, -0.05) is 108 Å². The molecule has 0 atom stereocenters. The number of rotatable bonds is 8. The molecule has 0 aliphatic carbocycles. The van der Waals surface area contributed by atoms with E-state index in [0.29, 0.717) is 34.3 Å². The van der Waals surface area contributed by atoms with Crippen LogP contribution in [0.1, 0.15) is 16.7 Å². The van der Waals surface area contributed by atoms with Crippen LogP contribution in [0.25, 0.3) is 22.4 Å². The minimum absolute atomic E-state index is 0.157. The van der Waals surface area contributed by atoms with Gasteiger partial charge in [-0.3, -0.25) is 4.79 Å². The van der Waals surface area contributed by atoms with Crippen LogP contribution in [0.4, 0.5) is 5.95 Å². The molecule has 0 aliphatic rings. The van der Waals surface area contributed by atoms with Crippen LogP contribution < -0.4 is 10.9 Å². The molecule has 0 unspecified atom stereocenters. The minimum Gasteiger partial charge on any atom is -0.351 e. The Hall–Kier alpha value is -4.62. The quantitative estimate of drug-likeness (QED) is 0.220. The number of benzene rings is 4. The van der Waals surface area contributed by atoms with E-state index in [1.54, 1.807) is 21.0 Å². The molecule has 2 heterocycles. The van der Waals surface area contributed by atoms with Gasteiger partial charge in [0.25, 0.3) is 5.56 Å². The Morgan fingerprint density at radius 3 is 2.03 bits per heavy atom. The van der Waals surface area contributed by atoms with Crippen LogP contribution in [0, 0.1) is 6.92 Å². The lowest BCUT2D eigenvalue weighted by Gasteiger charge is -2.15. The topological polar surface area (TPSA) is 64.7 Å². The summed E-state index contributed by atoms with van der Waals surface area (Å²) < 4.78 is 3.43. The number of nitrogens with zero attached hydrogens (tertiary/aromatic N) is 4. The van der Waals surface area contributed by atoms with Crippen molar-refractivity contribution in [1.29, 1.82) is 0 Å². The molecule has 0 amide bonds. The van der Waals surface area contributed by atoms with Gasteiger partial charge in [-0.15, -0.1) is 0 Å². The summed E-state index contributed by atoms with van der Waals surface area (Å²) in [5.41, 5.74) is 5.43. The van der Waals surface area contributed by atoms with Crippen molar-refractivity contribution < 1.29 is 0 Å². The lowest BCUT2D eigenvalue weighted by Crippen LogP contribution is -2.24. The molecular formula is C32H27N5OS. The maximum absolute atomic E-state index is 14.3. The maximum atomic E-state index is 14.3. The molecular weight excluding hydrogens is 502 g/mol. The van der Waals surface area contributed by atoms with Gasteiger partial charge in [-0.25, -0.2) is 9.25 Å². The Bertz CT molecular complexity index is 1760. The number of hydrogen-bond donors (Lipinski definition) is 1. The van der Waals surface area contributed by atoms with Gasteiger partial charge in [0.1, 0.15) is 10.4 Å². The van der Waals surface area contributed by atoms with Crippen molar-refractivity contribution in [3.05, 3.63) is 142 Å². The fraction of sp³-hybridized carbons (Fsp3) is 0.0938. The van der Waals surface area contributed by atoms with E-state index >= 15 is 0 Å². The fourth-order valence-corrected chi connectivity index (χ4v) is 5.39. The third-order valence-corrected chi connectivity index (χ3v) is 7.51. The zero-order chi connectivity index (χ0) is 26.6. The van der Waals surface area contributed by atoms with Gasteiger partial charge in [0, 0.05) is 12.3 Å². The van der Waals surface area contributed by atoms with E-state index in [9.17, 15) is 4.79 Å². The van der Waals surface area contributed by atoms with Gasteiger partial charge < -0.3 is 5.32 Å². The monoisotopic (exact) mass is 529 g/mol. The number of nitrogens with one attached hydrogen (secondary N) is 1. The summed E-state index contributed by atoms with van der Waals surface area (Å²) >= 11 is 1.55. The van der Waals surface area contributed by atoms with Gasteiger partial charge in [0.15, 0.2) is 5.65 Å². The third kappa shape index (κ3) is 5.22. The first-order valence-electron chi connectivity index (χ1n) is 12.8. The standard InChI is InChI=1S/C32H27N5OS/c1-23-17-19-24(20-18-23)21-33-32-34-29-28(31(38)36(32)26-13-7-3-8-14-26)30(39-22-25-11-5-2-6-12-25)35-37(29)27-15-9-4-10-16-27/h2-20H,21-22H2,1H3,(H,33,34). The molecule has 0 fully saturated rings. The van der Waals surface area contributed by atoms with Gasteiger partial charge in [-0.05, 0) is 42.3 Å². The minimum atomic E-state index is -0.157. The van der Waals surface area contributed by atoms with Crippen LogP contribution in [0.15, 0.2) is 125 Å². The lowest BCUT2D eigenvalue weighted by atomic mass is 10.1. The van der Waals surface area contributed by atoms with Crippen molar-refractivity contribution in [3.63, 3.8) is 0 Å². The van der Waals surface area contributed by atoms with E-state index in [4.69, 9.17) is 10.1 Å². The fourth-order valence-electron chi connectivity index (χ4n) is 4.44. The molecule has 0 spiro atoms. The van der Waals surface area contributed by atoms with Crippen molar-refractivity contribution in [2.75, 3.05) is 5.32 Å². The second-order valence-corrected chi connectivity index (χ2v) is 10.2. The highest BCUT2D eigenvalue weighted by molar-refractivity contribution is 7.98. The highest BCUT2D eigenvalue weighted by atomic mass is 32.2. The molecule has 2 aromatic heterocycles. The largest absolute Gasteiger partial charge is 0.351 e. The summed E-state index contributed by atoms with van der Waals surface area (Å²) in [6, 6.07) is 38.0. The molecule has 0 saturated carbocycles. The maximum Gasteiger partial charge on any atom is 0.271 e. The zero-order valence-corrected chi connectivity index (χ0v) is 22.3. The predicted molar refractivity (Wildman–Crippen MR) is 159 cm³/mol. The van der Waals surface area contributed by atoms with Crippen LogP contribution in [0.5, 0.6) is 0 Å². The smallest absolute Gasteiger partial charge is 0.271 e. The molecule has 1 N–H and O–H groups in total. The van der Waals surface area contributed by atoms with Gasteiger partial charge >= 0.3 is 0 Å². The second-order valence-electron chi connectivity index (χ2n) is 9.28. The summed E-state index contributed by atoms with van der Waals surface area (Å²) in [5, 5.41) is 9.51. The Labute approximate surface area is 231 Å². The third-order valence-electron chi connectivity index (χ3n) is 6.47. The van der Waals surface area contributed by atoms with E-state index < -0.39 is 0 Å². The van der Waals surface area contributed by atoms with E-state index in [2.05, 4.69) is 48.6 Å². The summed E-state index contributed by atoms with van der Waals surface area (Å²) in [6.07, 6.45) is 0. The van der Waals surface area contributed by atoms with Crippen molar-refractivity contribution >= 4 is 28.7 Å². The van der Waals surface area contributed by atoms with Gasteiger partial charge in [0.05, 0.1) is 11.4 Å². The summed E-state index contributed by atoms with van der Waals surface area (Å²) in [4.78, 5) is 19.3. The normalized spacial score (nSPS) is 11.1. The average Bonchev–Trinajstić information content (AvgIpc) is 3.36. The summed E-state index contributed by atoms with van der Waals surface area (Å²) in [6.45, 7) is 2.60. The van der Waals surface area contributed by atoms with Crippen LogP contribution in [-0.4, -0.2) is 19.3 Å². The molecule has 0 bridgehead atoms. The Morgan fingerprint density at radius 1 is 0.744 bits per heavy atom. The molecule has 0 radical (unpaired) electrons. The van der Waals surface area contributed by atoms with E-state index in [0.717, 1.165) is 22.5 Å². The Balaban J connectivity index is 1.52.